The summed E-state index contributed by atoms with van der Waals surface area (Å²) < 4.78 is 0. The quantitative estimate of drug-likeness (QED) is 0.607. The van der Waals surface area contributed by atoms with Crippen molar-refractivity contribution in [3.05, 3.63) is 0 Å². The zero-order valence-electron chi connectivity index (χ0n) is 7.55. The third-order valence-electron chi connectivity index (χ3n) is 3.02. The molecular weight excluding hydrogens is 136 g/mol. The normalized spacial score (nSPS) is 21.3. The van der Waals surface area contributed by atoms with Crippen LogP contribution in [0.1, 0.15) is 45.4 Å². The summed E-state index contributed by atoms with van der Waals surface area (Å²) >= 11 is 0. The molecule has 0 aromatic heterocycles. The van der Waals surface area contributed by atoms with Crippen LogP contribution in [0.4, 0.5) is 0 Å². The highest BCUT2D eigenvalue weighted by Crippen LogP contribution is 2.35. The fourth-order valence-corrected chi connectivity index (χ4v) is 1.82. The second-order valence-corrected chi connectivity index (χ2v) is 3.89. The summed E-state index contributed by atoms with van der Waals surface area (Å²) in [6.45, 7) is 2.73. The molecule has 1 saturated carbocycles. The first-order chi connectivity index (χ1) is 5.34. The minimum absolute atomic E-state index is 0.372. The van der Waals surface area contributed by atoms with E-state index < -0.39 is 0 Å². The molecule has 0 amide bonds. The maximum Gasteiger partial charge on any atom is 0.0431 e. The fourth-order valence-electron chi connectivity index (χ4n) is 1.82. The lowest BCUT2D eigenvalue weighted by molar-refractivity contribution is 0.201. The van der Waals surface area contributed by atoms with Crippen LogP contribution < -0.4 is 0 Å². The molecule has 0 aliphatic heterocycles. The highest BCUT2D eigenvalue weighted by molar-refractivity contribution is 4.74. The molecule has 0 saturated heterocycles. The van der Waals surface area contributed by atoms with Crippen LogP contribution in [-0.2, 0) is 0 Å². The molecule has 0 radical (unpaired) electrons. The van der Waals surface area contributed by atoms with E-state index in [1.165, 1.54) is 32.1 Å². The molecule has 1 heteroatoms. The van der Waals surface area contributed by atoms with E-state index in [9.17, 15) is 0 Å². The number of rotatable bonds is 5. The Labute approximate surface area is 69.8 Å². The first-order valence-corrected chi connectivity index (χ1v) is 4.95. The van der Waals surface area contributed by atoms with Crippen molar-refractivity contribution >= 4 is 0 Å². The van der Waals surface area contributed by atoms with Gasteiger partial charge in [0.1, 0.15) is 0 Å². The summed E-state index contributed by atoms with van der Waals surface area (Å²) in [5, 5.41) is 8.59. The molecule has 1 rings (SSSR count). The summed E-state index contributed by atoms with van der Waals surface area (Å²) in [6, 6.07) is 0. The average Bonchev–Trinajstić information content (AvgIpc) is 1.84. The van der Waals surface area contributed by atoms with Crippen molar-refractivity contribution in [3.8, 4) is 0 Å². The van der Waals surface area contributed by atoms with Gasteiger partial charge in [-0.3, -0.25) is 0 Å². The molecule has 1 aliphatic rings. The second-order valence-electron chi connectivity index (χ2n) is 3.89. The van der Waals surface area contributed by atoms with Gasteiger partial charge in [0.25, 0.3) is 0 Å². The first kappa shape index (κ1) is 9.05. The van der Waals surface area contributed by atoms with Gasteiger partial charge in [0, 0.05) is 6.61 Å². The van der Waals surface area contributed by atoms with Crippen LogP contribution in [0.5, 0.6) is 0 Å². The van der Waals surface area contributed by atoms with E-state index in [1.54, 1.807) is 0 Å². The highest BCUT2D eigenvalue weighted by Gasteiger charge is 2.22. The van der Waals surface area contributed by atoms with E-state index in [0.717, 1.165) is 18.3 Å². The smallest absolute Gasteiger partial charge is 0.0431 e. The lowest BCUT2D eigenvalue weighted by Crippen LogP contribution is -2.19. The Balaban J connectivity index is 1.96. The molecule has 11 heavy (non-hydrogen) atoms. The third kappa shape index (κ3) is 2.82. The lowest BCUT2D eigenvalue weighted by Gasteiger charge is -2.31. The van der Waals surface area contributed by atoms with Crippen molar-refractivity contribution in [3.63, 3.8) is 0 Å². The van der Waals surface area contributed by atoms with Gasteiger partial charge in [0.15, 0.2) is 0 Å². The molecule has 0 aromatic carbocycles. The molecule has 0 spiro atoms. The Morgan fingerprint density at radius 1 is 1.36 bits per heavy atom. The van der Waals surface area contributed by atoms with Gasteiger partial charge in [-0.2, -0.15) is 0 Å². The number of unbranched alkanes of at least 4 members (excludes halogenated alkanes) is 1. The zero-order chi connectivity index (χ0) is 8.10. The Hall–Kier alpha value is -0.0400. The van der Waals surface area contributed by atoms with Gasteiger partial charge in [-0.05, 0) is 18.3 Å². The first-order valence-electron chi connectivity index (χ1n) is 4.95. The van der Waals surface area contributed by atoms with Crippen molar-refractivity contribution in [2.45, 2.75) is 45.4 Å². The minimum Gasteiger partial charge on any atom is -0.396 e. The molecule has 1 nitrogen and oxygen atoms in total. The summed E-state index contributed by atoms with van der Waals surface area (Å²) in [4.78, 5) is 0. The summed E-state index contributed by atoms with van der Waals surface area (Å²) in [5.41, 5.74) is 0. The SMILES string of the molecule is CC(CCCCO)C1CCC1. The van der Waals surface area contributed by atoms with Crippen LogP contribution in [0.15, 0.2) is 0 Å². The van der Waals surface area contributed by atoms with Crippen LogP contribution in [0.2, 0.25) is 0 Å². The predicted molar refractivity (Wildman–Crippen MR) is 47.4 cm³/mol. The van der Waals surface area contributed by atoms with Crippen LogP contribution in [0.3, 0.4) is 0 Å². The summed E-state index contributed by atoms with van der Waals surface area (Å²) in [5.74, 6) is 1.93. The van der Waals surface area contributed by atoms with Crippen molar-refractivity contribution < 1.29 is 5.11 Å². The van der Waals surface area contributed by atoms with Crippen LogP contribution in [0.25, 0.3) is 0 Å². The summed E-state index contributed by atoms with van der Waals surface area (Å²) in [6.07, 6.45) is 7.91. The number of hydrogen-bond acceptors (Lipinski definition) is 1. The minimum atomic E-state index is 0.372. The lowest BCUT2D eigenvalue weighted by atomic mass is 9.75. The van der Waals surface area contributed by atoms with Crippen molar-refractivity contribution in [2.24, 2.45) is 11.8 Å². The third-order valence-corrected chi connectivity index (χ3v) is 3.02. The monoisotopic (exact) mass is 156 g/mol. The summed E-state index contributed by atoms with van der Waals surface area (Å²) in [7, 11) is 0. The molecule has 66 valence electrons. The maximum atomic E-state index is 8.59. The molecule has 1 unspecified atom stereocenters. The highest BCUT2D eigenvalue weighted by atomic mass is 16.2. The maximum absolute atomic E-state index is 8.59. The number of aliphatic hydroxyl groups is 1. The van der Waals surface area contributed by atoms with Gasteiger partial charge < -0.3 is 5.11 Å². The molecular formula is C10H20O. The molecule has 1 atom stereocenters. The largest absolute Gasteiger partial charge is 0.396 e. The molecule has 1 fully saturated rings. The van der Waals surface area contributed by atoms with Gasteiger partial charge in [-0.1, -0.05) is 39.0 Å². The number of hydrogen-bond donors (Lipinski definition) is 1. The molecule has 0 bridgehead atoms. The second kappa shape index (κ2) is 4.76. The predicted octanol–water partition coefficient (Wildman–Crippen LogP) is 2.59. The topological polar surface area (TPSA) is 20.2 Å². The molecule has 0 aromatic rings. The average molecular weight is 156 g/mol. The fraction of sp³-hybridized carbons (Fsp3) is 1.00. The Kier molecular flexibility index (Phi) is 3.92. The Morgan fingerprint density at radius 2 is 2.09 bits per heavy atom. The van der Waals surface area contributed by atoms with Crippen molar-refractivity contribution in [2.75, 3.05) is 6.61 Å². The number of aliphatic hydroxyl groups excluding tert-OH is 1. The van der Waals surface area contributed by atoms with Gasteiger partial charge in [0.05, 0.1) is 0 Å². The van der Waals surface area contributed by atoms with Gasteiger partial charge in [-0.25, -0.2) is 0 Å². The van der Waals surface area contributed by atoms with E-state index in [0.29, 0.717) is 6.61 Å². The van der Waals surface area contributed by atoms with Crippen molar-refractivity contribution in [1.29, 1.82) is 0 Å². The van der Waals surface area contributed by atoms with E-state index in [-0.39, 0.29) is 0 Å². The molecule has 1 N–H and O–H groups in total. The van der Waals surface area contributed by atoms with E-state index in [2.05, 4.69) is 6.92 Å². The van der Waals surface area contributed by atoms with Gasteiger partial charge >= 0.3 is 0 Å². The van der Waals surface area contributed by atoms with E-state index in [4.69, 9.17) is 5.11 Å². The van der Waals surface area contributed by atoms with Crippen LogP contribution in [0, 0.1) is 11.8 Å². The van der Waals surface area contributed by atoms with Crippen LogP contribution >= 0.6 is 0 Å². The molecule has 1 aliphatic carbocycles. The zero-order valence-corrected chi connectivity index (χ0v) is 7.55. The Morgan fingerprint density at radius 3 is 2.55 bits per heavy atom. The molecule has 0 heterocycles. The van der Waals surface area contributed by atoms with E-state index in [1.807, 2.05) is 0 Å². The van der Waals surface area contributed by atoms with Gasteiger partial charge in [0.2, 0.25) is 0 Å². The Bertz CT molecular complexity index is 97.0. The van der Waals surface area contributed by atoms with Gasteiger partial charge in [-0.15, -0.1) is 0 Å². The van der Waals surface area contributed by atoms with E-state index >= 15 is 0 Å². The standard InChI is InChI=1S/C10H20O/c1-9(5-2-3-8-11)10-6-4-7-10/h9-11H,2-8H2,1H3. The van der Waals surface area contributed by atoms with Crippen molar-refractivity contribution in [1.82, 2.24) is 0 Å². The van der Waals surface area contributed by atoms with Crippen LogP contribution in [-0.4, -0.2) is 11.7 Å².